The highest BCUT2D eigenvalue weighted by Gasteiger charge is 2.13. The van der Waals surface area contributed by atoms with Crippen molar-refractivity contribution in [3.63, 3.8) is 0 Å². The van der Waals surface area contributed by atoms with Crippen LogP contribution in [0.1, 0.15) is 38.8 Å². The van der Waals surface area contributed by atoms with E-state index < -0.39 is 5.97 Å². The molecule has 0 saturated heterocycles. The van der Waals surface area contributed by atoms with Gasteiger partial charge in [0, 0.05) is 0 Å². The van der Waals surface area contributed by atoms with Gasteiger partial charge >= 0.3 is 5.97 Å². The van der Waals surface area contributed by atoms with Gasteiger partial charge in [0.1, 0.15) is 10.6 Å². The van der Waals surface area contributed by atoms with Crippen molar-refractivity contribution in [2.24, 2.45) is 0 Å². The van der Waals surface area contributed by atoms with Crippen LogP contribution in [0.3, 0.4) is 0 Å². The quantitative estimate of drug-likeness (QED) is 0.789. The summed E-state index contributed by atoms with van der Waals surface area (Å²) in [6, 6.07) is 8.00. The van der Waals surface area contributed by atoms with Crippen LogP contribution in [-0.4, -0.2) is 22.7 Å². The molecule has 21 heavy (non-hydrogen) atoms. The van der Waals surface area contributed by atoms with Gasteiger partial charge in [0.05, 0.1) is 17.3 Å². The number of carboxylic acid groups (broad SMARTS) is 1. The first-order chi connectivity index (χ1) is 10.1. The van der Waals surface area contributed by atoms with Crippen LogP contribution in [0.2, 0.25) is 0 Å². The van der Waals surface area contributed by atoms with Gasteiger partial charge < -0.3 is 9.84 Å². The van der Waals surface area contributed by atoms with Gasteiger partial charge in [-0.15, -0.1) is 11.3 Å². The van der Waals surface area contributed by atoms with Gasteiger partial charge in [-0.05, 0) is 45.2 Å². The fraction of sp³-hybridized carbons (Fsp3) is 0.375. The number of unbranched alkanes of at least 4 members (excludes halogenated alkanes) is 1. The molecule has 2 rings (SSSR count). The number of aromatic carboxylic acids is 1. The van der Waals surface area contributed by atoms with Gasteiger partial charge in [-0.25, -0.2) is 9.78 Å². The molecule has 0 aliphatic rings. The van der Waals surface area contributed by atoms with Crippen molar-refractivity contribution in [1.29, 1.82) is 0 Å². The summed E-state index contributed by atoms with van der Waals surface area (Å²) in [6.07, 6.45) is 2.67. The molecule has 0 amide bonds. The van der Waals surface area contributed by atoms with Crippen molar-refractivity contribution in [3.8, 4) is 5.75 Å². The maximum absolute atomic E-state index is 10.9. The molecule has 0 fully saturated rings. The van der Waals surface area contributed by atoms with E-state index in [2.05, 4.69) is 4.98 Å². The first-order valence-electron chi connectivity index (χ1n) is 6.95. The minimum Gasteiger partial charge on any atom is -0.494 e. The van der Waals surface area contributed by atoms with Crippen molar-refractivity contribution in [2.75, 3.05) is 6.61 Å². The molecule has 5 heteroatoms. The first kappa shape index (κ1) is 15.5. The SMILES string of the molecule is Cc1ccc(OCCCCc2nc(C)c(C(=O)O)s2)cc1. The lowest BCUT2D eigenvalue weighted by atomic mass is 10.2. The molecule has 0 aliphatic carbocycles. The van der Waals surface area contributed by atoms with Crippen molar-refractivity contribution in [2.45, 2.75) is 33.1 Å². The summed E-state index contributed by atoms with van der Waals surface area (Å²) in [4.78, 5) is 15.6. The van der Waals surface area contributed by atoms with Crippen LogP contribution in [-0.2, 0) is 6.42 Å². The van der Waals surface area contributed by atoms with E-state index in [1.807, 2.05) is 31.2 Å². The standard InChI is InChI=1S/C16H19NO3S/c1-11-6-8-13(9-7-11)20-10-4-3-5-14-17-12(2)15(21-14)16(18)19/h6-9H,3-5,10H2,1-2H3,(H,18,19). The second-order valence-corrected chi connectivity index (χ2v) is 6.03. The summed E-state index contributed by atoms with van der Waals surface area (Å²) >= 11 is 1.27. The maximum Gasteiger partial charge on any atom is 0.347 e. The predicted molar refractivity (Wildman–Crippen MR) is 83.4 cm³/mol. The molecular weight excluding hydrogens is 286 g/mol. The third-order valence-electron chi connectivity index (χ3n) is 3.11. The van der Waals surface area contributed by atoms with Crippen molar-refractivity contribution < 1.29 is 14.6 Å². The highest BCUT2D eigenvalue weighted by molar-refractivity contribution is 7.13. The minimum absolute atomic E-state index is 0.348. The van der Waals surface area contributed by atoms with Gasteiger partial charge in [0.15, 0.2) is 0 Å². The van der Waals surface area contributed by atoms with Gasteiger partial charge in [0.25, 0.3) is 0 Å². The summed E-state index contributed by atoms with van der Waals surface area (Å²) in [5.74, 6) is -0.00203. The molecule has 0 aliphatic heterocycles. The number of aromatic nitrogens is 1. The lowest BCUT2D eigenvalue weighted by Crippen LogP contribution is -1.98. The number of ether oxygens (including phenoxy) is 1. The second kappa shape index (κ2) is 7.22. The average Bonchev–Trinajstić information content (AvgIpc) is 2.82. The summed E-state index contributed by atoms with van der Waals surface area (Å²) in [6.45, 7) is 4.45. The Morgan fingerprint density at radius 1 is 1.24 bits per heavy atom. The fourth-order valence-electron chi connectivity index (χ4n) is 1.96. The molecule has 1 aromatic carbocycles. The molecule has 0 bridgehead atoms. The number of carbonyl (C=O) groups is 1. The summed E-state index contributed by atoms with van der Waals surface area (Å²) < 4.78 is 5.65. The van der Waals surface area contributed by atoms with E-state index in [1.165, 1.54) is 16.9 Å². The Balaban J connectivity index is 1.71. The third-order valence-corrected chi connectivity index (χ3v) is 4.32. The lowest BCUT2D eigenvalue weighted by molar-refractivity contribution is 0.0701. The molecule has 2 aromatic rings. The van der Waals surface area contributed by atoms with Gasteiger partial charge in [-0.1, -0.05) is 17.7 Å². The fourth-order valence-corrected chi connectivity index (χ4v) is 2.91. The number of thiazole rings is 1. The second-order valence-electron chi connectivity index (χ2n) is 4.95. The Bertz CT molecular complexity index is 604. The normalized spacial score (nSPS) is 10.6. The van der Waals surface area contributed by atoms with Crippen LogP contribution in [0.15, 0.2) is 24.3 Å². The number of hydrogen-bond donors (Lipinski definition) is 1. The van der Waals surface area contributed by atoms with Crippen LogP contribution >= 0.6 is 11.3 Å². The highest BCUT2D eigenvalue weighted by Crippen LogP contribution is 2.19. The number of hydrogen-bond acceptors (Lipinski definition) is 4. The topological polar surface area (TPSA) is 59.4 Å². The van der Waals surface area contributed by atoms with Gasteiger partial charge in [-0.3, -0.25) is 0 Å². The number of nitrogens with zero attached hydrogens (tertiary/aromatic N) is 1. The number of rotatable bonds is 7. The van der Waals surface area contributed by atoms with E-state index in [0.29, 0.717) is 17.2 Å². The van der Waals surface area contributed by atoms with Gasteiger partial charge in [0.2, 0.25) is 0 Å². The van der Waals surface area contributed by atoms with Crippen molar-refractivity contribution >= 4 is 17.3 Å². The molecule has 0 atom stereocenters. The van der Waals surface area contributed by atoms with E-state index >= 15 is 0 Å². The van der Waals surface area contributed by atoms with Crippen molar-refractivity contribution in [1.82, 2.24) is 4.98 Å². The zero-order chi connectivity index (χ0) is 15.2. The van der Waals surface area contributed by atoms with E-state index in [0.717, 1.165) is 30.0 Å². The number of aryl methyl sites for hydroxylation is 3. The van der Waals surface area contributed by atoms with Crippen LogP contribution in [0.4, 0.5) is 0 Å². The average molecular weight is 305 g/mol. The molecule has 1 heterocycles. The number of carboxylic acids is 1. The Morgan fingerprint density at radius 3 is 2.57 bits per heavy atom. The Kier molecular flexibility index (Phi) is 5.33. The molecule has 4 nitrogen and oxygen atoms in total. The maximum atomic E-state index is 10.9. The minimum atomic E-state index is -0.890. The molecule has 1 N–H and O–H groups in total. The molecule has 0 saturated carbocycles. The Labute approximate surface area is 128 Å². The molecule has 0 radical (unpaired) electrons. The van der Waals surface area contributed by atoms with E-state index in [9.17, 15) is 4.79 Å². The Hall–Kier alpha value is -1.88. The molecule has 0 unspecified atom stereocenters. The van der Waals surface area contributed by atoms with Crippen LogP contribution in [0.25, 0.3) is 0 Å². The zero-order valence-electron chi connectivity index (χ0n) is 12.3. The van der Waals surface area contributed by atoms with E-state index in [4.69, 9.17) is 9.84 Å². The molecule has 1 aromatic heterocycles. The largest absolute Gasteiger partial charge is 0.494 e. The zero-order valence-corrected chi connectivity index (χ0v) is 13.1. The number of benzene rings is 1. The monoisotopic (exact) mass is 305 g/mol. The smallest absolute Gasteiger partial charge is 0.347 e. The van der Waals surface area contributed by atoms with Crippen LogP contribution < -0.4 is 4.74 Å². The van der Waals surface area contributed by atoms with Gasteiger partial charge in [-0.2, -0.15) is 0 Å². The summed E-state index contributed by atoms with van der Waals surface area (Å²) in [5.41, 5.74) is 1.83. The molecule has 112 valence electrons. The van der Waals surface area contributed by atoms with Crippen molar-refractivity contribution in [3.05, 3.63) is 45.4 Å². The molecular formula is C16H19NO3S. The van der Waals surface area contributed by atoms with E-state index in [1.54, 1.807) is 6.92 Å². The predicted octanol–water partition coefficient (Wildman–Crippen LogP) is 3.86. The summed E-state index contributed by atoms with van der Waals surface area (Å²) in [5, 5.41) is 9.87. The van der Waals surface area contributed by atoms with Crippen LogP contribution in [0.5, 0.6) is 5.75 Å². The highest BCUT2D eigenvalue weighted by atomic mass is 32.1. The first-order valence-corrected chi connectivity index (χ1v) is 7.77. The lowest BCUT2D eigenvalue weighted by Gasteiger charge is -2.05. The third kappa shape index (κ3) is 4.56. The Morgan fingerprint density at radius 2 is 1.95 bits per heavy atom. The van der Waals surface area contributed by atoms with Crippen LogP contribution in [0, 0.1) is 13.8 Å². The summed E-state index contributed by atoms with van der Waals surface area (Å²) in [7, 11) is 0. The van der Waals surface area contributed by atoms with E-state index in [-0.39, 0.29) is 0 Å². The molecule has 0 spiro atoms.